The predicted molar refractivity (Wildman–Crippen MR) is 177 cm³/mol. The number of fused-ring (bicyclic) bond motifs is 10. The molecule has 7 aromatic carbocycles. The van der Waals surface area contributed by atoms with Crippen molar-refractivity contribution in [1.29, 1.82) is 0 Å². The Hall–Kier alpha value is -4.96. The quantitative estimate of drug-likeness (QED) is 0.154. The first-order valence-electron chi connectivity index (χ1n) is 14.0. The Labute approximate surface area is 240 Å². The van der Waals surface area contributed by atoms with Crippen LogP contribution in [0.3, 0.4) is 0 Å². The van der Waals surface area contributed by atoms with Crippen molar-refractivity contribution in [3.05, 3.63) is 157 Å². The highest BCUT2D eigenvalue weighted by Gasteiger charge is 2.15. The minimum atomic E-state index is 0.250. The normalized spacial score (nSPS) is 10.9. The average molecular weight is 532 g/mol. The number of para-hydroxylation sites is 1. The molecule has 0 amide bonds. The van der Waals surface area contributed by atoms with E-state index in [9.17, 15) is 0 Å². The molecule has 3 heteroatoms. The van der Waals surface area contributed by atoms with E-state index in [-0.39, 0.29) is 6.67 Å². The van der Waals surface area contributed by atoms with Crippen molar-refractivity contribution in [2.24, 2.45) is 11.5 Å². The van der Waals surface area contributed by atoms with E-state index in [4.69, 9.17) is 0 Å². The summed E-state index contributed by atoms with van der Waals surface area (Å²) in [5.41, 5.74) is 14.4. The van der Waals surface area contributed by atoms with Gasteiger partial charge in [0.15, 0.2) is 0 Å². The fourth-order valence-corrected chi connectivity index (χ4v) is 5.73. The van der Waals surface area contributed by atoms with E-state index in [0.29, 0.717) is 0 Å². The molecule has 0 saturated carbocycles. The Morgan fingerprint density at radius 2 is 0.927 bits per heavy atom. The maximum absolute atomic E-state index is 4.62. The van der Waals surface area contributed by atoms with E-state index >= 15 is 0 Å². The van der Waals surface area contributed by atoms with Gasteiger partial charge < -0.3 is 16.5 Å². The fraction of sp³-hybridized carbons (Fsp3) is 0.0526. The lowest BCUT2D eigenvalue weighted by atomic mass is 9.93. The maximum atomic E-state index is 4.62. The topological polar surface area (TPSA) is 67.8 Å². The molecule has 1 aromatic heterocycles. The van der Waals surface area contributed by atoms with Crippen LogP contribution in [-0.2, 0) is 6.42 Å². The lowest BCUT2D eigenvalue weighted by Crippen LogP contribution is -2.08. The van der Waals surface area contributed by atoms with Crippen LogP contribution in [0.15, 0.2) is 146 Å². The van der Waals surface area contributed by atoms with Gasteiger partial charge in [-0.2, -0.15) is 0 Å². The Kier molecular flexibility index (Phi) is 7.72. The smallest absolute Gasteiger partial charge is 0.0551 e. The molecule has 0 radical (unpaired) electrons. The Bertz CT molecular complexity index is 2020. The van der Waals surface area contributed by atoms with Gasteiger partial charge in [0.1, 0.15) is 0 Å². The van der Waals surface area contributed by atoms with E-state index in [1.165, 1.54) is 65.3 Å². The van der Waals surface area contributed by atoms with Crippen LogP contribution >= 0.6 is 0 Å². The van der Waals surface area contributed by atoms with Gasteiger partial charge in [0, 0.05) is 33.7 Å². The van der Waals surface area contributed by atoms with E-state index in [1.807, 2.05) is 0 Å². The predicted octanol–water partition coefficient (Wildman–Crippen LogP) is 8.92. The number of aromatic nitrogens is 1. The van der Waals surface area contributed by atoms with Crippen LogP contribution in [0, 0.1) is 0 Å². The SMILES string of the molecule is NCN.c1ccc(Cc2ccccc2)cc1.c1ccc2c(c1)ccc1c3ccccc3c3[nH]c4ccccc4c3c21. The van der Waals surface area contributed by atoms with Gasteiger partial charge in [-0.3, -0.25) is 0 Å². The molecular formula is C38H33N3. The Morgan fingerprint density at radius 3 is 1.59 bits per heavy atom. The lowest BCUT2D eigenvalue weighted by Gasteiger charge is -2.10. The number of hydrogen-bond acceptors (Lipinski definition) is 2. The summed E-state index contributed by atoms with van der Waals surface area (Å²) in [6.07, 6.45) is 1.03. The summed E-state index contributed by atoms with van der Waals surface area (Å²) in [6.45, 7) is 0.250. The second-order valence-corrected chi connectivity index (χ2v) is 10.1. The number of hydrogen-bond donors (Lipinski definition) is 3. The average Bonchev–Trinajstić information content (AvgIpc) is 3.43. The summed E-state index contributed by atoms with van der Waals surface area (Å²) in [7, 11) is 0. The molecule has 8 aromatic rings. The monoisotopic (exact) mass is 531 g/mol. The molecular weight excluding hydrogens is 498 g/mol. The summed E-state index contributed by atoms with van der Waals surface area (Å²) in [4.78, 5) is 3.68. The van der Waals surface area contributed by atoms with Gasteiger partial charge in [0.25, 0.3) is 0 Å². The van der Waals surface area contributed by atoms with Gasteiger partial charge in [-0.05, 0) is 45.2 Å². The highest BCUT2D eigenvalue weighted by molar-refractivity contribution is 6.36. The van der Waals surface area contributed by atoms with Crippen LogP contribution in [-0.4, -0.2) is 11.7 Å². The van der Waals surface area contributed by atoms with Gasteiger partial charge in [0.2, 0.25) is 0 Å². The van der Waals surface area contributed by atoms with Crippen LogP contribution < -0.4 is 11.5 Å². The molecule has 0 bridgehead atoms. The summed E-state index contributed by atoms with van der Waals surface area (Å²) >= 11 is 0. The molecule has 200 valence electrons. The van der Waals surface area contributed by atoms with Crippen LogP contribution in [0.1, 0.15) is 11.1 Å². The van der Waals surface area contributed by atoms with Crippen molar-refractivity contribution in [1.82, 2.24) is 4.98 Å². The zero-order valence-corrected chi connectivity index (χ0v) is 22.9. The molecule has 8 rings (SSSR count). The molecule has 0 aliphatic carbocycles. The summed E-state index contributed by atoms with van der Waals surface area (Å²) in [6, 6.07) is 51.6. The van der Waals surface area contributed by atoms with E-state index in [1.54, 1.807) is 0 Å². The second kappa shape index (κ2) is 12.1. The summed E-state index contributed by atoms with van der Waals surface area (Å²) in [5, 5.41) is 10.5. The van der Waals surface area contributed by atoms with E-state index < -0.39 is 0 Å². The molecule has 0 atom stereocenters. The van der Waals surface area contributed by atoms with E-state index in [2.05, 4.69) is 162 Å². The third-order valence-corrected chi connectivity index (χ3v) is 7.47. The molecule has 41 heavy (non-hydrogen) atoms. The Balaban J connectivity index is 0.000000160. The number of rotatable bonds is 2. The minimum absolute atomic E-state index is 0.250. The van der Waals surface area contributed by atoms with Crippen molar-refractivity contribution in [3.63, 3.8) is 0 Å². The van der Waals surface area contributed by atoms with E-state index in [0.717, 1.165) is 6.42 Å². The molecule has 5 N–H and O–H groups in total. The van der Waals surface area contributed by atoms with Crippen LogP contribution in [0.2, 0.25) is 0 Å². The number of H-pyrrole nitrogens is 1. The molecule has 0 aliphatic rings. The zero-order chi connectivity index (χ0) is 28.0. The molecule has 0 saturated heterocycles. The lowest BCUT2D eigenvalue weighted by molar-refractivity contribution is 1.07. The molecule has 0 spiro atoms. The molecule has 0 aliphatic heterocycles. The van der Waals surface area contributed by atoms with Gasteiger partial charge in [-0.15, -0.1) is 0 Å². The van der Waals surface area contributed by atoms with Crippen LogP contribution in [0.5, 0.6) is 0 Å². The number of nitrogens with two attached hydrogens (primary N) is 2. The van der Waals surface area contributed by atoms with Crippen molar-refractivity contribution in [3.8, 4) is 0 Å². The first-order chi connectivity index (χ1) is 20.3. The van der Waals surface area contributed by atoms with Gasteiger partial charge >= 0.3 is 0 Å². The minimum Gasteiger partial charge on any atom is -0.354 e. The largest absolute Gasteiger partial charge is 0.354 e. The van der Waals surface area contributed by atoms with Crippen molar-refractivity contribution in [2.75, 3.05) is 6.67 Å². The zero-order valence-electron chi connectivity index (χ0n) is 22.9. The highest BCUT2D eigenvalue weighted by Crippen LogP contribution is 2.41. The third-order valence-electron chi connectivity index (χ3n) is 7.47. The number of nitrogens with one attached hydrogen (secondary N) is 1. The number of benzene rings is 7. The number of aromatic amines is 1. The second-order valence-electron chi connectivity index (χ2n) is 10.1. The maximum Gasteiger partial charge on any atom is 0.0551 e. The van der Waals surface area contributed by atoms with Gasteiger partial charge in [-0.1, -0.05) is 140 Å². The van der Waals surface area contributed by atoms with Crippen molar-refractivity contribution >= 4 is 54.1 Å². The van der Waals surface area contributed by atoms with Gasteiger partial charge in [0.05, 0.1) is 5.52 Å². The molecule has 0 fully saturated rings. The standard InChI is InChI=1S/C24H15N.C13H12.CH6N2/c1-2-8-16-15(7-1)13-14-18-17-9-3-4-10-19(17)24-23(22(16)18)20-11-5-6-12-21(20)25-24;1-3-7-12(8-4-1)11-13-9-5-2-6-10-13;2-1-3/h1-14,25H;1-10H,11H2;1-3H2. The van der Waals surface area contributed by atoms with Crippen molar-refractivity contribution < 1.29 is 0 Å². The van der Waals surface area contributed by atoms with Crippen LogP contribution in [0.4, 0.5) is 0 Å². The first kappa shape index (κ1) is 26.3. The Morgan fingerprint density at radius 1 is 0.415 bits per heavy atom. The van der Waals surface area contributed by atoms with Crippen LogP contribution in [0.25, 0.3) is 54.1 Å². The molecule has 3 nitrogen and oxygen atoms in total. The third kappa shape index (κ3) is 5.29. The van der Waals surface area contributed by atoms with Crippen molar-refractivity contribution in [2.45, 2.75) is 6.42 Å². The summed E-state index contributed by atoms with van der Waals surface area (Å²) in [5.74, 6) is 0. The fourth-order valence-electron chi connectivity index (χ4n) is 5.73. The summed E-state index contributed by atoms with van der Waals surface area (Å²) < 4.78 is 0. The molecule has 0 unspecified atom stereocenters. The first-order valence-corrected chi connectivity index (χ1v) is 14.0. The molecule has 1 heterocycles. The highest BCUT2D eigenvalue weighted by atomic mass is 14.7. The van der Waals surface area contributed by atoms with Gasteiger partial charge in [-0.25, -0.2) is 0 Å².